The van der Waals surface area contributed by atoms with E-state index in [1.54, 1.807) is 48.3 Å². The number of hydrogen-bond donors (Lipinski definition) is 2. The Labute approximate surface area is 192 Å². The average molecular weight is 477 g/mol. The molecular formula is C21H24N4O5S2. The Hall–Kier alpha value is -3.02. The van der Waals surface area contributed by atoms with Crippen LogP contribution in [0.3, 0.4) is 0 Å². The van der Waals surface area contributed by atoms with Gasteiger partial charge in [0.25, 0.3) is 5.91 Å². The van der Waals surface area contributed by atoms with Crippen molar-refractivity contribution in [3.63, 3.8) is 0 Å². The number of imide groups is 1. The molecule has 9 nitrogen and oxygen atoms in total. The Morgan fingerprint density at radius 3 is 2.34 bits per heavy atom. The number of nitrogens with one attached hydrogen (secondary N) is 1. The molecule has 0 unspecified atom stereocenters. The third-order valence-electron chi connectivity index (χ3n) is 5.20. The Bertz CT molecular complexity index is 1120. The van der Waals surface area contributed by atoms with E-state index in [4.69, 9.17) is 22.1 Å². The first kappa shape index (κ1) is 23.6. The highest BCUT2D eigenvalue weighted by Crippen LogP contribution is 2.27. The number of hydrogen-bond acceptors (Lipinski definition) is 6. The van der Waals surface area contributed by atoms with Crippen LogP contribution in [-0.4, -0.2) is 57.0 Å². The van der Waals surface area contributed by atoms with Gasteiger partial charge in [0.05, 0.1) is 24.1 Å². The summed E-state index contributed by atoms with van der Waals surface area (Å²) in [4.78, 5) is 28.7. The summed E-state index contributed by atoms with van der Waals surface area (Å²) in [5.41, 5.74) is 1.31. The van der Waals surface area contributed by atoms with Gasteiger partial charge in [-0.3, -0.25) is 9.59 Å². The molecule has 2 aromatic rings. The molecule has 0 saturated carbocycles. The number of ether oxygens (including phenoxy) is 1. The number of nitrogens with zero attached hydrogens (tertiary/aromatic N) is 2. The van der Waals surface area contributed by atoms with E-state index in [2.05, 4.69) is 5.32 Å². The van der Waals surface area contributed by atoms with Crippen molar-refractivity contribution in [1.82, 2.24) is 10.2 Å². The standard InChI is InChI=1S/C21H24N4O5S2/c1-23-21(31)24(12-11-14-3-9-17(10-4-14)32(22,28)29)18-13-19(26)25(20(18)27)15-5-7-16(30-2)8-6-15/h3-10,18H,11-13H2,1-2H3,(H,23,31)(H2,22,28,29)/t18-/m1/s1. The number of amides is 2. The minimum atomic E-state index is -3.77. The van der Waals surface area contributed by atoms with Gasteiger partial charge in [0.15, 0.2) is 5.11 Å². The van der Waals surface area contributed by atoms with Crippen molar-refractivity contribution in [2.45, 2.75) is 23.8 Å². The van der Waals surface area contributed by atoms with Gasteiger partial charge in [-0.2, -0.15) is 0 Å². The van der Waals surface area contributed by atoms with Crippen LogP contribution in [0, 0.1) is 0 Å². The highest BCUT2D eigenvalue weighted by Gasteiger charge is 2.43. The highest BCUT2D eigenvalue weighted by molar-refractivity contribution is 7.89. The van der Waals surface area contributed by atoms with Crippen LogP contribution in [0.1, 0.15) is 12.0 Å². The van der Waals surface area contributed by atoms with Gasteiger partial charge in [-0.25, -0.2) is 18.5 Å². The summed E-state index contributed by atoms with van der Waals surface area (Å²) in [7, 11) is -0.579. The number of anilines is 1. The van der Waals surface area contributed by atoms with Crippen molar-refractivity contribution in [1.29, 1.82) is 0 Å². The van der Waals surface area contributed by atoms with E-state index in [-0.39, 0.29) is 23.1 Å². The largest absolute Gasteiger partial charge is 0.497 e. The summed E-state index contributed by atoms with van der Waals surface area (Å²) in [5, 5.41) is 8.35. The van der Waals surface area contributed by atoms with E-state index in [1.165, 1.54) is 19.2 Å². The molecule has 1 aliphatic heterocycles. The number of sulfonamides is 1. The highest BCUT2D eigenvalue weighted by atomic mass is 32.2. The fraction of sp³-hybridized carbons (Fsp3) is 0.286. The molecule has 1 atom stereocenters. The predicted octanol–water partition coefficient (Wildman–Crippen LogP) is 1.02. The van der Waals surface area contributed by atoms with Crippen LogP contribution in [0.2, 0.25) is 0 Å². The molecule has 3 N–H and O–H groups in total. The zero-order chi connectivity index (χ0) is 23.5. The van der Waals surface area contributed by atoms with Crippen LogP contribution in [0.15, 0.2) is 53.4 Å². The lowest BCUT2D eigenvalue weighted by Gasteiger charge is -2.29. The maximum Gasteiger partial charge on any atom is 0.257 e. The average Bonchev–Trinajstić information content (AvgIpc) is 3.07. The second-order valence-electron chi connectivity index (χ2n) is 7.17. The number of rotatable bonds is 7. The van der Waals surface area contributed by atoms with Gasteiger partial charge < -0.3 is 15.0 Å². The van der Waals surface area contributed by atoms with Gasteiger partial charge in [-0.15, -0.1) is 0 Å². The molecule has 0 bridgehead atoms. The van der Waals surface area contributed by atoms with Crippen LogP contribution in [0.5, 0.6) is 5.75 Å². The number of thiocarbonyl (C=S) groups is 1. The Balaban J connectivity index is 1.77. The van der Waals surface area contributed by atoms with E-state index in [1.807, 2.05) is 0 Å². The number of carbonyl (C=O) groups is 2. The molecule has 1 fully saturated rings. The molecular weight excluding hydrogens is 452 g/mol. The van der Waals surface area contributed by atoms with Crippen molar-refractivity contribution in [2.75, 3.05) is 25.6 Å². The van der Waals surface area contributed by atoms with E-state index < -0.39 is 16.1 Å². The van der Waals surface area contributed by atoms with E-state index >= 15 is 0 Å². The molecule has 1 heterocycles. The zero-order valence-electron chi connectivity index (χ0n) is 17.6. The Kier molecular flexibility index (Phi) is 7.12. The lowest BCUT2D eigenvalue weighted by Crippen LogP contribution is -2.49. The Morgan fingerprint density at radius 1 is 1.19 bits per heavy atom. The van der Waals surface area contributed by atoms with Gasteiger partial charge in [0.1, 0.15) is 11.8 Å². The van der Waals surface area contributed by atoms with Gasteiger partial charge >= 0.3 is 0 Å². The fourth-order valence-electron chi connectivity index (χ4n) is 3.50. The smallest absolute Gasteiger partial charge is 0.257 e. The van der Waals surface area contributed by atoms with E-state index in [0.29, 0.717) is 29.5 Å². The van der Waals surface area contributed by atoms with Crippen molar-refractivity contribution in [3.05, 3.63) is 54.1 Å². The van der Waals surface area contributed by atoms with Crippen LogP contribution in [-0.2, 0) is 26.0 Å². The quantitative estimate of drug-likeness (QED) is 0.449. The SMILES string of the molecule is CNC(=S)N(CCc1ccc(S(N)(=O)=O)cc1)[C@@H]1CC(=O)N(c2ccc(OC)cc2)C1=O. The first-order valence-electron chi connectivity index (χ1n) is 9.76. The molecule has 0 aliphatic carbocycles. The molecule has 170 valence electrons. The molecule has 0 radical (unpaired) electrons. The maximum absolute atomic E-state index is 13.2. The van der Waals surface area contributed by atoms with Gasteiger partial charge in [0, 0.05) is 13.6 Å². The summed E-state index contributed by atoms with van der Waals surface area (Å²) >= 11 is 5.40. The monoisotopic (exact) mass is 476 g/mol. The second-order valence-corrected chi connectivity index (χ2v) is 9.12. The summed E-state index contributed by atoms with van der Waals surface area (Å²) in [6.07, 6.45) is 0.476. The van der Waals surface area contributed by atoms with Crippen molar-refractivity contribution < 1.29 is 22.7 Å². The van der Waals surface area contributed by atoms with Gasteiger partial charge in [-0.1, -0.05) is 12.1 Å². The third kappa shape index (κ3) is 5.06. The molecule has 3 rings (SSSR count). The van der Waals surface area contributed by atoms with Crippen LogP contribution < -0.4 is 20.1 Å². The van der Waals surface area contributed by atoms with Crippen LogP contribution >= 0.6 is 12.2 Å². The molecule has 2 aromatic carbocycles. The van der Waals surface area contributed by atoms with Gasteiger partial charge in [-0.05, 0) is 60.6 Å². The van der Waals surface area contributed by atoms with Crippen LogP contribution in [0.4, 0.5) is 5.69 Å². The summed E-state index contributed by atoms with van der Waals surface area (Å²) in [6.45, 7) is 0.356. The fourth-order valence-corrected chi connectivity index (χ4v) is 4.23. The topological polar surface area (TPSA) is 122 Å². The minimum Gasteiger partial charge on any atom is -0.497 e. The normalized spacial score (nSPS) is 16.2. The molecule has 11 heteroatoms. The molecule has 0 spiro atoms. The number of methoxy groups -OCH3 is 1. The summed E-state index contributed by atoms with van der Waals surface area (Å²) in [5.74, 6) is -0.0512. The maximum atomic E-state index is 13.2. The summed E-state index contributed by atoms with van der Waals surface area (Å²) < 4.78 is 28.0. The second kappa shape index (κ2) is 9.63. The number of benzene rings is 2. The number of primary sulfonamides is 1. The molecule has 1 aliphatic rings. The first-order valence-corrected chi connectivity index (χ1v) is 11.7. The predicted molar refractivity (Wildman–Crippen MR) is 124 cm³/mol. The lowest BCUT2D eigenvalue weighted by atomic mass is 10.1. The summed E-state index contributed by atoms with van der Waals surface area (Å²) in [6, 6.07) is 12.1. The van der Waals surface area contributed by atoms with E-state index in [9.17, 15) is 18.0 Å². The van der Waals surface area contributed by atoms with E-state index in [0.717, 1.165) is 10.5 Å². The zero-order valence-corrected chi connectivity index (χ0v) is 19.3. The van der Waals surface area contributed by atoms with Crippen molar-refractivity contribution in [3.8, 4) is 5.75 Å². The first-order chi connectivity index (χ1) is 15.2. The lowest BCUT2D eigenvalue weighted by molar-refractivity contribution is -0.122. The molecule has 1 saturated heterocycles. The molecule has 32 heavy (non-hydrogen) atoms. The molecule has 2 amide bonds. The number of carbonyl (C=O) groups excluding carboxylic acids is 2. The van der Waals surface area contributed by atoms with Crippen molar-refractivity contribution in [2.24, 2.45) is 5.14 Å². The third-order valence-corrected chi connectivity index (χ3v) is 6.57. The number of nitrogens with two attached hydrogens (primary N) is 1. The minimum absolute atomic E-state index is 0.00294. The molecule has 0 aromatic heterocycles. The Morgan fingerprint density at radius 2 is 1.81 bits per heavy atom. The van der Waals surface area contributed by atoms with Crippen molar-refractivity contribution >= 4 is 44.9 Å². The van der Waals surface area contributed by atoms with Gasteiger partial charge in [0.2, 0.25) is 15.9 Å². The van der Waals surface area contributed by atoms with Crippen LogP contribution in [0.25, 0.3) is 0 Å².